The van der Waals surface area contributed by atoms with Gasteiger partial charge in [-0.15, -0.1) is 0 Å². The van der Waals surface area contributed by atoms with Gasteiger partial charge in [0.15, 0.2) is 0 Å². The molecular formula is C14H18ClNO2. The van der Waals surface area contributed by atoms with Crippen LogP contribution in [0, 0.1) is 0 Å². The highest BCUT2D eigenvalue weighted by molar-refractivity contribution is 6.30. The summed E-state index contributed by atoms with van der Waals surface area (Å²) in [5.41, 5.74) is 1.21. The van der Waals surface area contributed by atoms with Gasteiger partial charge in [-0.3, -0.25) is 4.79 Å². The summed E-state index contributed by atoms with van der Waals surface area (Å²) in [5, 5.41) is 3.77. The molecule has 3 nitrogen and oxygen atoms in total. The van der Waals surface area contributed by atoms with Crippen LogP contribution in [0.25, 0.3) is 0 Å². The summed E-state index contributed by atoms with van der Waals surface area (Å²) in [7, 11) is 0. The molecule has 0 radical (unpaired) electrons. The minimum atomic E-state index is 0.0676. The lowest BCUT2D eigenvalue weighted by atomic mass is 10.1. The van der Waals surface area contributed by atoms with Gasteiger partial charge in [0.1, 0.15) is 0 Å². The van der Waals surface area contributed by atoms with E-state index in [1.807, 2.05) is 25.1 Å². The maximum atomic E-state index is 11.6. The van der Waals surface area contributed by atoms with E-state index in [-0.39, 0.29) is 11.9 Å². The lowest BCUT2D eigenvalue weighted by Crippen LogP contribution is -2.27. The molecule has 98 valence electrons. The summed E-state index contributed by atoms with van der Waals surface area (Å²) >= 11 is 5.95. The third-order valence-corrected chi connectivity index (χ3v) is 3.33. The molecule has 0 bridgehead atoms. The van der Waals surface area contributed by atoms with Crippen LogP contribution in [0.2, 0.25) is 5.02 Å². The van der Waals surface area contributed by atoms with Gasteiger partial charge in [-0.1, -0.05) is 23.7 Å². The number of benzene rings is 1. The van der Waals surface area contributed by atoms with Crippen LogP contribution in [-0.2, 0) is 9.53 Å². The largest absolute Gasteiger partial charge is 0.381 e. The van der Waals surface area contributed by atoms with E-state index in [1.54, 1.807) is 0 Å². The van der Waals surface area contributed by atoms with Crippen molar-refractivity contribution in [2.24, 2.45) is 0 Å². The summed E-state index contributed by atoms with van der Waals surface area (Å²) in [4.78, 5) is 11.6. The molecule has 0 heterocycles. The van der Waals surface area contributed by atoms with E-state index >= 15 is 0 Å². The van der Waals surface area contributed by atoms with Crippen LogP contribution in [0.15, 0.2) is 24.3 Å². The molecule has 1 N–H and O–H groups in total. The molecule has 1 aliphatic rings. The number of ether oxygens (including phenoxy) is 1. The Labute approximate surface area is 112 Å². The Morgan fingerprint density at radius 1 is 1.56 bits per heavy atom. The summed E-state index contributed by atoms with van der Waals surface area (Å²) in [6, 6.07) is 8.10. The van der Waals surface area contributed by atoms with Crippen molar-refractivity contribution in [3.8, 4) is 0 Å². The average Bonchev–Trinajstić information content (AvgIpc) is 3.08. The van der Waals surface area contributed by atoms with Gasteiger partial charge in [-0.2, -0.15) is 0 Å². The predicted molar refractivity (Wildman–Crippen MR) is 71.9 cm³/mol. The lowest BCUT2D eigenvalue weighted by Gasteiger charge is -2.05. The van der Waals surface area contributed by atoms with E-state index in [1.165, 1.54) is 5.56 Å². The van der Waals surface area contributed by atoms with Gasteiger partial charge in [0.05, 0.1) is 6.61 Å². The Kier molecular flexibility index (Phi) is 4.61. The van der Waals surface area contributed by atoms with Crippen molar-refractivity contribution < 1.29 is 9.53 Å². The molecule has 0 unspecified atom stereocenters. The fraction of sp³-hybridized carbons (Fsp3) is 0.500. The number of nitrogens with one attached hydrogen (secondary N) is 1. The van der Waals surface area contributed by atoms with Crippen molar-refractivity contribution in [1.29, 1.82) is 0 Å². The second-order valence-corrected chi connectivity index (χ2v) is 4.95. The first kappa shape index (κ1) is 13.4. The monoisotopic (exact) mass is 267 g/mol. The quantitative estimate of drug-likeness (QED) is 0.805. The highest BCUT2D eigenvalue weighted by Gasteiger charge is 2.39. The molecule has 18 heavy (non-hydrogen) atoms. The van der Waals surface area contributed by atoms with Crippen LogP contribution in [0.1, 0.15) is 31.2 Å². The number of amides is 1. The third kappa shape index (κ3) is 3.72. The zero-order chi connectivity index (χ0) is 13.0. The molecule has 0 aromatic heterocycles. The molecule has 1 aromatic rings. The molecule has 1 fully saturated rings. The Bertz CT molecular complexity index is 422. The Hall–Kier alpha value is -1.06. The maximum absolute atomic E-state index is 11.6. The molecule has 0 spiro atoms. The van der Waals surface area contributed by atoms with Crippen LogP contribution in [0.5, 0.6) is 0 Å². The van der Waals surface area contributed by atoms with Crippen LogP contribution in [0.3, 0.4) is 0 Å². The van der Waals surface area contributed by atoms with Gasteiger partial charge in [-0.05, 0) is 31.0 Å². The number of rotatable bonds is 6. The van der Waals surface area contributed by atoms with E-state index < -0.39 is 0 Å². The zero-order valence-corrected chi connectivity index (χ0v) is 11.2. The van der Waals surface area contributed by atoms with Crippen LogP contribution in [0.4, 0.5) is 0 Å². The number of carbonyl (C=O) groups excluding carboxylic acids is 1. The molecule has 0 aliphatic heterocycles. The number of hydrogen-bond donors (Lipinski definition) is 1. The molecule has 1 aromatic carbocycles. The molecule has 1 saturated carbocycles. The minimum absolute atomic E-state index is 0.0676. The van der Waals surface area contributed by atoms with E-state index in [0.29, 0.717) is 25.6 Å². The van der Waals surface area contributed by atoms with Crippen molar-refractivity contribution in [2.75, 3.05) is 13.2 Å². The van der Waals surface area contributed by atoms with Crippen LogP contribution in [-0.4, -0.2) is 25.2 Å². The van der Waals surface area contributed by atoms with E-state index in [0.717, 1.165) is 11.4 Å². The number of halogens is 1. The summed E-state index contributed by atoms with van der Waals surface area (Å²) < 4.78 is 5.16. The third-order valence-electron chi connectivity index (χ3n) is 3.09. The predicted octanol–water partition coefficient (Wildman–Crippen LogP) is 2.74. The Balaban J connectivity index is 1.76. The van der Waals surface area contributed by atoms with Gasteiger partial charge in [0, 0.05) is 30.0 Å². The lowest BCUT2D eigenvalue weighted by molar-refractivity contribution is -0.122. The average molecular weight is 268 g/mol. The van der Waals surface area contributed by atoms with Crippen molar-refractivity contribution in [3.05, 3.63) is 34.9 Å². The first-order valence-corrected chi connectivity index (χ1v) is 6.71. The molecular weight excluding hydrogens is 250 g/mol. The number of hydrogen-bond acceptors (Lipinski definition) is 2. The summed E-state index contributed by atoms with van der Waals surface area (Å²) in [6.45, 7) is 3.08. The first-order chi connectivity index (χ1) is 8.70. The molecule has 1 amide bonds. The van der Waals surface area contributed by atoms with Gasteiger partial charge in [-0.25, -0.2) is 0 Å². The van der Waals surface area contributed by atoms with Crippen molar-refractivity contribution in [2.45, 2.75) is 31.7 Å². The van der Waals surface area contributed by atoms with E-state index in [4.69, 9.17) is 16.3 Å². The van der Waals surface area contributed by atoms with Crippen molar-refractivity contribution in [3.63, 3.8) is 0 Å². The highest BCUT2D eigenvalue weighted by Crippen LogP contribution is 2.41. The molecule has 2 rings (SSSR count). The van der Waals surface area contributed by atoms with Crippen LogP contribution < -0.4 is 5.32 Å². The molecule has 2 atom stereocenters. The second-order valence-electron chi connectivity index (χ2n) is 4.52. The van der Waals surface area contributed by atoms with Gasteiger partial charge >= 0.3 is 0 Å². The van der Waals surface area contributed by atoms with Gasteiger partial charge in [0.2, 0.25) is 5.91 Å². The van der Waals surface area contributed by atoms with Gasteiger partial charge < -0.3 is 10.1 Å². The normalized spacial score (nSPS) is 21.7. The molecule has 4 heteroatoms. The van der Waals surface area contributed by atoms with Crippen LogP contribution >= 0.6 is 11.6 Å². The first-order valence-electron chi connectivity index (χ1n) is 6.33. The summed E-state index contributed by atoms with van der Waals surface area (Å²) in [6.07, 6.45) is 1.44. The summed E-state index contributed by atoms with van der Waals surface area (Å²) in [5.74, 6) is 0.484. The smallest absolute Gasteiger partial charge is 0.222 e. The molecule has 0 saturated heterocycles. The fourth-order valence-electron chi connectivity index (χ4n) is 2.05. The Morgan fingerprint density at radius 2 is 2.39 bits per heavy atom. The number of carbonyl (C=O) groups is 1. The minimum Gasteiger partial charge on any atom is -0.381 e. The zero-order valence-electron chi connectivity index (χ0n) is 10.5. The standard InChI is InChI=1S/C14H18ClNO2/c1-2-18-7-6-14(17)16-13-9-12(13)10-4-3-5-11(15)8-10/h3-5,8,12-13H,2,6-7,9H2,1H3,(H,16,17)/t12-,13+/m1/s1. The maximum Gasteiger partial charge on any atom is 0.222 e. The fourth-order valence-corrected chi connectivity index (χ4v) is 2.25. The Morgan fingerprint density at radius 3 is 3.11 bits per heavy atom. The van der Waals surface area contributed by atoms with Gasteiger partial charge in [0.25, 0.3) is 0 Å². The SMILES string of the molecule is CCOCCC(=O)N[C@H]1C[C@@H]1c1cccc(Cl)c1. The van der Waals surface area contributed by atoms with Crippen molar-refractivity contribution in [1.82, 2.24) is 5.32 Å². The second kappa shape index (κ2) is 6.21. The van der Waals surface area contributed by atoms with E-state index in [2.05, 4.69) is 11.4 Å². The van der Waals surface area contributed by atoms with E-state index in [9.17, 15) is 4.79 Å². The highest BCUT2D eigenvalue weighted by atomic mass is 35.5. The topological polar surface area (TPSA) is 38.3 Å². The molecule has 1 aliphatic carbocycles. The van der Waals surface area contributed by atoms with Crippen molar-refractivity contribution >= 4 is 17.5 Å².